The lowest BCUT2D eigenvalue weighted by molar-refractivity contribution is -0.137. The van der Waals surface area contributed by atoms with Crippen molar-refractivity contribution in [2.45, 2.75) is 6.18 Å². The van der Waals surface area contributed by atoms with Crippen LogP contribution in [0.1, 0.15) is 5.56 Å². The Labute approximate surface area is 99.1 Å². The number of nitrogens with zero attached hydrogens (tertiary/aromatic N) is 3. The van der Waals surface area contributed by atoms with Crippen LogP contribution in [0.5, 0.6) is 0 Å². The number of alkyl halides is 3. The molecule has 3 rings (SSSR count). The van der Waals surface area contributed by atoms with E-state index in [-0.39, 0.29) is 0 Å². The molecular formula is C11H6F3N4. The lowest BCUT2D eigenvalue weighted by Crippen LogP contribution is -2.06. The standard InChI is InChI=1S/C11H6F3N4/c12-11(13,14)7-2-1-3-8(4-7)18-5-9-10(17-18)16-6-15-9/h1-5H,(H,15,16,17). The molecule has 1 radical (unpaired) electrons. The van der Waals surface area contributed by atoms with Crippen molar-refractivity contribution in [3.05, 3.63) is 42.4 Å². The Morgan fingerprint density at radius 1 is 1.28 bits per heavy atom. The van der Waals surface area contributed by atoms with Crippen LogP contribution in [0.15, 0.2) is 30.5 Å². The quantitative estimate of drug-likeness (QED) is 0.722. The number of H-pyrrole nitrogens is 1. The summed E-state index contributed by atoms with van der Waals surface area (Å²) in [5, 5.41) is 4.04. The lowest BCUT2D eigenvalue weighted by Gasteiger charge is -2.08. The van der Waals surface area contributed by atoms with Crippen LogP contribution < -0.4 is 0 Å². The molecule has 0 saturated heterocycles. The van der Waals surface area contributed by atoms with Crippen molar-refractivity contribution in [3.63, 3.8) is 0 Å². The fourth-order valence-electron chi connectivity index (χ4n) is 1.63. The summed E-state index contributed by atoms with van der Waals surface area (Å²) in [6, 6.07) is 4.94. The van der Waals surface area contributed by atoms with E-state index in [2.05, 4.69) is 21.4 Å². The molecule has 4 nitrogen and oxygen atoms in total. The summed E-state index contributed by atoms with van der Waals surface area (Å²) in [5.74, 6) is 0. The summed E-state index contributed by atoms with van der Waals surface area (Å²) in [6.07, 6.45) is -0.300. The monoisotopic (exact) mass is 251 g/mol. The Bertz CT molecular complexity index is 667. The van der Waals surface area contributed by atoms with E-state index in [1.165, 1.54) is 10.7 Å². The van der Waals surface area contributed by atoms with E-state index in [0.29, 0.717) is 16.9 Å². The minimum atomic E-state index is -4.37. The maximum absolute atomic E-state index is 12.6. The fraction of sp³-hybridized carbons (Fsp3) is 0.0909. The highest BCUT2D eigenvalue weighted by atomic mass is 19.4. The number of benzene rings is 1. The lowest BCUT2D eigenvalue weighted by atomic mass is 10.2. The van der Waals surface area contributed by atoms with Crippen molar-refractivity contribution in [1.29, 1.82) is 0 Å². The summed E-state index contributed by atoms with van der Waals surface area (Å²) in [6.45, 7) is 0. The number of aromatic nitrogens is 4. The maximum atomic E-state index is 12.6. The molecule has 1 N–H and O–H groups in total. The Balaban J connectivity index is 2.09. The van der Waals surface area contributed by atoms with Gasteiger partial charge in [-0.1, -0.05) is 6.07 Å². The van der Waals surface area contributed by atoms with Crippen LogP contribution in [-0.2, 0) is 6.18 Å². The summed E-state index contributed by atoms with van der Waals surface area (Å²) in [7, 11) is 0. The van der Waals surface area contributed by atoms with Crippen LogP contribution in [0, 0.1) is 6.33 Å². The molecule has 1 aromatic carbocycles. The summed E-state index contributed by atoms with van der Waals surface area (Å²) in [5.41, 5.74) is 0.648. The summed E-state index contributed by atoms with van der Waals surface area (Å²) < 4.78 is 39.1. The van der Waals surface area contributed by atoms with Gasteiger partial charge in [0.25, 0.3) is 0 Å². The van der Waals surface area contributed by atoms with Crippen LogP contribution >= 0.6 is 0 Å². The molecule has 0 aliphatic rings. The zero-order valence-electron chi connectivity index (χ0n) is 8.86. The number of nitrogens with one attached hydrogen (secondary N) is 1. The van der Waals surface area contributed by atoms with E-state index in [9.17, 15) is 13.2 Å². The topological polar surface area (TPSA) is 46.5 Å². The molecule has 0 aliphatic carbocycles. The van der Waals surface area contributed by atoms with Gasteiger partial charge in [-0.15, -0.1) is 5.10 Å². The third-order valence-corrected chi connectivity index (χ3v) is 2.49. The first-order chi connectivity index (χ1) is 8.54. The van der Waals surface area contributed by atoms with Gasteiger partial charge in [-0.25, -0.2) is 9.67 Å². The number of fused-ring (bicyclic) bond motifs is 1. The van der Waals surface area contributed by atoms with Gasteiger partial charge < -0.3 is 4.98 Å². The number of imidazole rings is 1. The van der Waals surface area contributed by atoms with Gasteiger partial charge in [-0.2, -0.15) is 13.2 Å². The molecule has 0 spiro atoms. The highest BCUT2D eigenvalue weighted by Gasteiger charge is 2.30. The van der Waals surface area contributed by atoms with Crippen molar-refractivity contribution in [2.24, 2.45) is 0 Å². The third kappa shape index (κ3) is 1.73. The van der Waals surface area contributed by atoms with E-state index >= 15 is 0 Å². The van der Waals surface area contributed by atoms with Crippen LogP contribution in [0.25, 0.3) is 16.9 Å². The van der Waals surface area contributed by atoms with Crippen LogP contribution in [0.2, 0.25) is 0 Å². The van der Waals surface area contributed by atoms with E-state index < -0.39 is 11.7 Å². The Morgan fingerprint density at radius 2 is 2.11 bits per heavy atom. The molecule has 2 aromatic heterocycles. The molecule has 7 heteroatoms. The predicted molar refractivity (Wildman–Crippen MR) is 57.1 cm³/mol. The minimum Gasteiger partial charge on any atom is -0.333 e. The molecule has 91 valence electrons. The van der Waals surface area contributed by atoms with Gasteiger partial charge in [0, 0.05) is 0 Å². The molecule has 0 unspecified atom stereocenters. The zero-order chi connectivity index (χ0) is 12.8. The van der Waals surface area contributed by atoms with E-state index in [0.717, 1.165) is 12.1 Å². The van der Waals surface area contributed by atoms with Crippen molar-refractivity contribution >= 4 is 11.2 Å². The molecule has 0 saturated carbocycles. The minimum absolute atomic E-state index is 0.330. The number of aromatic amines is 1. The highest BCUT2D eigenvalue weighted by molar-refractivity contribution is 5.69. The Morgan fingerprint density at radius 3 is 2.83 bits per heavy atom. The van der Waals surface area contributed by atoms with Crippen molar-refractivity contribution in [2.75, 3.05) is 0 Å². The molecule has 0 aliphatic heterocycles. The first-order valence-electron chi connectivity index (χ1n) is 5.03. The smallest absolute Gasteiger partial charge is 0.333 e. The number of rotatable bonds is 1. The summed E-state index contributed by atoms with van der Waals surface area (Å²) >= 11 is 0. The molecular weight excluding hydrogens is 245 g/mol. The second-order valence-electron chi connectivity index (χ2n) is 3.71. The largest absolute Gasteiger partial charge is 0.416 e. The first kappa shape index (κ1) is 10.8. The number of halogens is 3. The second-order valence-corrected chi connectivity index (χ2v) is 3.71. The van der Waals surface area contributed by atoms with Crippen LogP contribution in [0.4, 0.5) is 13.2 Å². The molecule has 2 heterocycles. The highest BCUT2D eigenvalue weighted by Crippen LogP contribution is 2.30. The van der Waals surface area contributed by atoms with Gasteiger partial charge in [-0.3, -0.25) is 0 Å². The Hall–Kier alpha value is -2.31. The molecule has 0 bridgehead atoms. The van der Waals surface area contributed by atoms with E-state index in [4.69, 9.17) is 0 Å². The fourth-order valence-corrected chi connectivity index (χ4v) is 1.63. The van der Waals surface area contributed by atoms with Crippen LogP contribution in [-0.4, -0.2) is 19.7 Å². The number of hydrogen-bond acceptors (Lipinski definition) is 2. The van der Waals surface area contributed by atoms with Crippen LogP contribution in [0.3, 0.4) is 0 Å². The predicted octanol–water partition coefficient (Wildman–Crippen LogP) is 2.57. The van der Waals surface area contributed by atoms with Crippen molar-refractivity contribution in [3.8, 4) is 5.69 Å². The molecule has 3 aromatic rings. The summed E-state index contributed by atoms with van der Waals surface area (Å²) in [4.78, 5) is 6.51. The van der Waals surface area contributed by atoms with Gasteiger partial charge in [0.05, 0.1) is 17.4 Å². The zero-order valence-corrected chi connectivity index (χ0v) is 8.86. The molecule has 0 fully saturated rings. The van der Waals surface area contributed by atoms with Gasteiger partial charge in [0.15, 0.2) is 12.0 Å². The van der Waals surface area contributed by atoms with E-state index in [1.54, 1.807) is 12.3 Å². The van der Waals surface area contributed by atoms with Gasteiger partial charge >= 0.3 is 6.18 Å². The second kappa shape index (κ2) is 3.59. The maximum Gasteiger partial charge on any atom is 0.416 e. The van der Waals surface area contributed by atoms with Crippen molar-refractivity contribution < 1.29 is 13.2 Å². The SMILES string of the molecule is FC(F)(F)c1cccc(-n2cc3[nH][c]nc3n2)c1. The first-order valence-corrected chi connectivity index (χ1v) is 5.03. The van der Waals surface area contributed by atoms with Crippen molar-refractivity contribution in [1.82, 2.24) is 19.7 Å². The van der Waals surface area contributed by atoms with Gasteiger partial charge in [0.2, 0.25) is 0 Å². The molecule has 0 atom stereocenters. The van der Waals surface area contributed by atoms with Gasteiger partial charge in [-0.05, 0) is 18.2 Å². The average molecular weight is 251 g/mol. The number of hydrogen-bond donors (Lipinski definition) is 1. The van der Waals surface area contributed by atoms with Gasteiger partial charge in [0.1, 0.15) is 5.52 Å². The van der Waals surface area contributed by atoms with E-state index in [1.807, 2.05) is 0 Å². The molecule has 0 amide bonds. The third-order valence-electron chi connectivity index (χ3n) is 2.49. The Kier molecular flexibility index (Phi) is 2.16. The molecule has 18 heavy (non-hydrogen) atoms. The average Bonchev–Trinajstić information content (AvgIpc) is 2.88. The normalized spacial score (nSPS) is 12.2.